The summed E-state index contributed by atoms with van der Waals surface area (Å²) in [6, 6.07) is 0. The van der Waals surface area contributed by atoms with Crippen LogP contribution < -0.4 is 0 Å². The Kier molecular flexibility index (Phi) is 43.4. The number of esters is 3. The molecule has 0 bridgehead atoms. The summed E-state index contributed by atoms with van der Waals surface area (Å²) < 4.78 is 16.7. The van der Waals surface area contributed by atoms with Crippen LogP contribution >= 0.6 is 0 Å². The standard InChI is InChI=1S/C49H92O6/c1-4-7-10-13-16-19-22-24-27-30-33-36-39-42-48(51)54-45-46(44-53-47(50)41-38-35-32-29-26-21-18-15-12-9-6-3)55-49(52)43-40-37-34-31-28-25-23-20-17-14-11-8-5-2/h15,18,46H,4-14,16-17,19-45H2,1-3H3/b18-15-/t46-/m1/s1. The molecule has 55 heavy (non-hydrogen) atoms. The maximum Gasteiger partial charge on any atom is 0.306 e. The molecule has 0 heterocycles. The van der Waals surface area contributed by atoms with E-state index in [4.69, 9.17) is 14.2 Å². The van der Waals surface area contributed by atoms with E-state index in [1.807, 2.05) is 0 Å². The Balaban J connectivity index is 4.33. The van der Waals surface area contributed by atoms with Crippen molar-refractivity contribution < 1.29 is 28.6 Å². The van der Waals surface area contributed by atoms with Crippen LogP contribution in [0.3, 0.4) is 0 Å². The minimum atomic E-state index is -0.764. The molecule has 0 saturated heterocycles. The van der Waals surface area contributed by atoms with E-state index in [1.165, 1.54) is 161 Å². The van der Waals surface area contributed by atoms with Crippen molar-refractivity contribution in [3.8, 4) is 0 Å². The molecule has 0 N–H and O–H groups in total. The Morgan fingerprint density at radius 1 is 0.345 bits per heavy atom. The van der Waals surface area contributed by atoms with Crippen LogP contribution in [0, 0.1) is 0 Å². The van der Waals surface area contributed by atoms with Crippen LogP contribution in [0.15, 0.2) is 12.2 Å². The molecule has 0 aliphatic carbocycles. The number of carbonyl (C=O) groups is 3. The van der Waals surface area contributed by atoms with Gasteiger partial charge in [-0.05, 0) is 38.5 Å². The molecule has 324 valence electrons. The molecule has 0 aromatic carbocycles. The van der Waals surface area contributed by atoms with Gasteiger partial charge in [-0.2, -0.15) is 0 Å². The van der Waals surface area contributed by atoms with E-state index in [0.717, 1.165) is 64.2 Å². The van der Waals surface area contributed by atoms with Crippen LogP contribution in [0.25, 0.3) is 0 Å². The third-order valence-corrected chi connectivity index (χ3v) is 10.8. The predicted octanol–water partition coefficient (Wildman–Crippen LogP) is 15.4. The van der Waals surface area contributed by atoms with E-state index in [0.29, 0.717) is 19.3 Å². The van der Waals surface area contributed by atoms with Gasteiger partial charge in [0.2, 0.25) is 0 Å². The zero-order valence-electron chi connectivity index (χ0n) is 37.0. The molecule has 0 fully saturated rings. The average molecular weight is 777 g/mol. The van der Waals surface area contributed by atoms with Crippen LogP contribution in [-0.2, 0) is 28.6 Å². The second kappa shape index (κ2) is 44.9. The molecule has 0 spiro atoms. The van der Waals surface area contributed by atoms with Crippen LogP contribution in [0.1, 0.15) is 265 Å². The summed E-state index contributed by atoms with van der Waals surface area (Å²) in [6.45, 7) is 6.61. The number of unbranched alkanes of at least 4 members (excludes halogenated alkanes) is 31. The number of rotatable bonds is 44. The molecule has 0 aliphatic heterocycles. The van der Waals surface area contributed by atoms with Gasteiger partial charge < -0.3 is 14.2 Å². The first-order chi connectivity index (χ1) is 27.0. The number of ether oxygens (including phenoxy) is 3. The fourth-order valence-electron chi connectivity index (χ4n) is 7.07. The van der Waals surface area contributed by atoms with Gasteiger partial charge in [-0.15, -0.1) is 0 Å². The Labute approximate surface area is 341 Å². The maximum atomic E-state index is 12.7. The normalized spacial score (nSPS) is 12.0. The van der Waals surface area contributed by atoms with Crippen molar-refractivity contribution in [1.29, 1.82) is 0 Å². The first kappa shape index (κ1) is 53.1. The first-order valence-electron chi connectivity index (χ1n) is 24.2. The molecule has 0 aromatic rings. The summed E-state index contributed by atoms with van der Waals surface area (Å²) in [6.07, 6.45) is 47.6. The highest BCUT2D eigenvalue weighted by atomic mass is 16.6. The lowest BCUT2D eigenvalue weighted by Crippen LogP contribution is -2.30. The Bertz CT molecular complexity index is 854. The lowest BCUT2D eigenvalue weighted by molar-refractivity contribution is -0.167. The van der Waals surface area contributed by atoms with Crippen molar-refractivity contribution in [2.75, 3.05) is 13.2 Å². The summed E-state index contributed by atoms with van der Waals surface area (Å²) in [4.78, 5) is 37.8. The van der Waals surface area contributed by atoms with E-state index in [2.05, 4.69) is 32.9 Å². The fourth-order valence-corrected chi connectivity index (χ4v) is 7.07. The zero-order chi connectivity index (χ0) is 40.1. The fraction of sp³-hybridized carbons (Fsp3) is 0.898. The average Bonchev–Trinajstić information content (AvgIpc) is 3.18. The number of hydrogen-bond acceptors (Lipinski definition) is 6. The highest BCUT2D eigenvalue weighted by Gasteiger charge is 2.19. The lowest BCUT2D eigenvalue weighted by Gasteiger charge is -2.18. The molecule has 0 rings (SSSR count). The van der Waals surface area contributed by atoms with Crippen LogP contribution in [0.2, 0.25) is 0 Å². The van der Waals surface area contributed by atoms with Crippen LogP contribution in [-0.4, -0.2) is 37.2 Å². The van der Waals surface area contributed by atoms with Gasteiger partial charge in [0.1, 0.15) is 13.2 Å². The van der Waals surface area contributed by atoms with Gasteiger partial charge in [0, 0.05) is 19.3 Å². The van der Waals surface area contributed by atoms with Gasteiger partial charge in [-0.25, -0.2) is 0 Å². The summed E-state index contributed by atoms with van der Waals surface area (Å²) in [5, 5.41) is 0. The summed E-state index contributed by atoms with van der Waals surface area (Å²) in [5.41, 5.74) is 0. The number of carbonyl (C=O) groups excluding carboxylic acids is 3. The van der Waals surface area contributed by atoms with Crippen LogP contribution in [0.4, 0.5) is 0 Å². The third kappa shape index (κ3) is 43.1. The number of hydrogen-bond donors (Lipinski definition) is 0. The molecule has 0 radical (unpaired) electrons. The Morgan fingerprint density at radius 3 is 0.964 bits per heavy atom. The first-order valence-corrected chi connectivity index (χ1v) is 24.2. The Hall–Kier alpha value is -1.85. The van der Waals surface area contributed by atoms with Crippen molar-refractivity contribution in [1.82, 2.24) is 0 Å². The minimum absolute atomic E-state index is 0.0677. The highest BCUT2D eigenvalue weighted by Crippen LogP contribution is 2.16. The summed E-state index contributed by atoms with van der Waals surface area (Å²) in [5.74, 6) is -0.866. The predicted molar refractivity (Wildman–Crippen MR) is 233 cm³/mol. The Morgan fingerprint density at radius 2 is 0.618 bits per heavy atom. The molecule has 0 unspecified atom stereocenters. The zero-order valence-corrected chi connectivity index (χ0v) is 37.0. The topological polar surface area (TPSA) is 78.9 Å². The van der Waals surface area contributed by atoms with Gasteiger partial charge in [0.05, 0.1) is 0 Å². The van der Waals surface area contributed by atoms with E-state index in [-0.39, 0.29) is 31.1 Å². The van der Waals surface area contributed by atoms with Crippen LogP contribution in [0.5, 0.6) is 0 Å². The molecule has 0 amide bonds. The van der Waals surface area contributed by atoms with Crippen molar-refractivity contribution in [3.63, 3.8) is 0 Å². The van der Waals surface area contributed by atoms with Gasteiger partial charge in [0.25, 0.3) is 0 Å². The van der Waals surface area contributed by atoms with E-state index in [9.17, 15) is 14.4 Å². The van der Waals surface area contributed by atoms with Gasteiger partial charge in [-0.1, -0.05) is 219 Å². The largest absolute Gasteiger partial charge is 0.462 e. The second-order valence-electron chi connectivity index (χ2n) is 16.4. The van der Waals surface area contributed by atoms with Crippen molar-refractivity contribution in [3.05, 3.63) is 12.2 Å². The van der Waals surface area contributed by atoms with E-state index in [1.54, 1.807) is 0 Å². The van der Waals surface area contributed by atoms with E-state index < -0.39 is 6.10 Å². The minimum Gasteiger partial charge on any atom is -0.462 e. The van der Waals surface area contributed by atoms with E-state index >= 15 is 0 Å². The molecular formula is C49H92O6. The third-order valence-electron chi connectivity index (χ3n) is 10.8. The molecular weight excluding hydrogens is 685 g/mol. The maximum absolute atomic E-state index is 12.7. The SMILES string of the molecule is CCCC/C=C\CCCCCCCC(=O)OC[C@H](COC(=O)CCCCCCCCCCCCCCC)OC(=O)CCCCCCCCCCCCCCC. The van der Waals surface area contributed by atoms with Gasteiger partial charge in [0.15, 0.2) is 6.10 Å². The van der Waals surface area contributed by atoms with Gasteiger partial charge >= 0.3 is 17.9 Å². The molecule has 6 heteroatoms. The molecule has 0 saturated carbocycles. The lowest BCUT2D eigenvalue weighted by atomic mass is 10.0. The van der Waals surface area contributed by atoms with Crippen molar-refractivity contribution in [2.24, 2.45) is 0 Å². The molecule has 6 nitrogen and oxygen atoms in total. The van der Waals surface area contributed by atoms with Crippen molar-refractivity contribution >= 4 is 17.9 Å². The summed E-state index contributed by atoms with van der Waals surface area (Å²) >= 11 is 0. The van der Waals surface area contributed by atoms with Crippen molar-refractivity contribution in [2.45, 2.75) is 271 Å². The quantitative estimate of drug-likeness (QED) is 0.0265. The number of allylic oxidation sites excluding steroid dienone is 2. The smallest absolute Gasteiger partial charge is 0.306 e. The second-order valence-corrected chi connectivity index (χ2v) is 16.4. The monoisotopic (exact) mass is 777 g/mol. The van der Waals surface area contributed by atoms with Gasteiger partial charge in [-0.3, -0.25) is 14.4 Å². The molecule has 0 aromatic heterocycles. The highest BCUT2D eigenvalue weighted by molar-refractivity contribution is 5.71. The summed E-state index contributed by atoms with van der Waals surface area (Å²) in [7, 11) is 0. The molecule has 1 atom stereocenters. The molecule has 0 aliphatic rings.